The highest BCUT2D eigenvalue weighted by molar-refractivity contribution is 7.80. The standard InChI is InChI=1S/C21H24ClN3O3S/c1-14(2)28-17-6-3-15(4-7-17)20(26)24-21(29)23-18-13-16(22)5-8-19(18)25-9-11-27-12-10-25/h3-8,13-14H,9-12H2,1-2H3,(H2,23,24,26,29). The monoisotopic (exact) mass is 433 g/mol. The Balaban J connectivity index is 1.65. The van der Waals surface area contributed by atoms with E-state index in [4.69, 9.17) is 33.3 Å². The van der Waals surface area contributed by atoms with Crippen molar-refractivity contribution in [2.24, 2.45) is 0 Å². The molecule has 0 spiro atoms. The van der Waals surface area contributed by atoms with Crippen LogP contribution in [-0.4, -0.2) is 43.4 Å². The molecule has 29 heavy (non-hydrogen) atoms. The molecule has 6 nitrogen and oxygen atoms in total. The average molecular weight is 434 g/mol. The number of nitrogens with zero attached hydrogens (tertiary/aromatic N) is 1. The Kier molecular flexibility index (Phi) is 7.30. The van der Waals surface area contributed by atoms with E-state index in [-0.39, 0.29) is 17.1 Å². The largest absolute Gasteiger partial charge is 0.491 e. The number of ether oxygens (including phenoxy) is 2. The van der Waals surface area contributed by atoms with Crippen LogP contribution in [0.5, 0.6) is 5.75 Å². The molecule has 1 amide bonds. The van der Waals surface area contributed by atoms with Gasteiger partial charge >= 0.3 is 0 Å². The molecule has 0 radical (unpaired) electrons. The predicted molar refractivity (Wildman–Crippen MR) is 120 cm³/mol. The van der Waals surface area contributed by atoms with Gasteiger partial charge in [-0.2, -0.15) is 0 Å². The van der Waals surface area contributed by atoms with E-state index in [9.17, 15) is 4.79 Å². The minimum atomic E-state index is -0.298. The molecule has 1 heterocycles. The van der Waals surface area contributed by atoms with Crippen molar-refractivity contribution < 1.29 is 14.3 Å². The molecule has 1 aliphatic rings. The number of hydrogen-bond donors (Lipinski definition) is 2. The lowest BCUT2D eigenvalue weighted by molar-refractivity contribution is 0.0977. The van der Waals surface area contributed by atoms with Crippen molar-refractivity contribution in [2.45, 2.75) is 20.0 Å². The summed E-state index contributed by atoms with van der Waals surface area (Å²) in [6.45, 7) is 6.79. The van der Waals surface area contributed by atoms with Gasteiger partial charge in [-0.1, -0.05) is 11.6 Å². The molecule has 2 aromatic rings. The first-order valence-electron chi connectivity index (χ1n) is 9.43. The zero-order valence-electron chi connectivity index (χ0n) is 16.4. The maximum absolute atomic E-state index is 12.5. The number of amides is 1. The van der Waals surface area contributed by atoms with Gasteiger partial charge in [0.2, 0.25) is 0 Å². The van der Waals surface area contributed by atoms with Gasteiger partial charge in [-0.05, 0) is 68.5 Å². The summed E-state index contributed by atoms with van der Waals surface area (Å²) in [4.78, 5) is 14.7. The van der Waals surface area contributed by atoms with E-state index in [1.54, 1.807) is 30.3 Å². The maximum atomic E-state index is 12.5. The van der Waals surface area contributed by atoms with E-state index in [2.05, 4.69) is 15.5 Å². The van der Waals surface area contributed by atoms with Gasteiger partial charge < -0.3 is 19.7 Å². The molecule has 2 N–H and O–H groups in total. The number of hydrogen-bond acceptors (Lipinski definition) is 5. The Morgan fingerprint density at radius 1 is 1.17 bits per heavy atom. The Morgan fingerprint density at radius 3 is 2.52 bits per heavy atom. The molecule has 2 aromatic carbocycles. The molecule has 0 aromatic heterocycles. The van der Waals surface area contributed by atoms with Crippen molar-refractivity contribution in [1.82, 2.24) is 5.32 Å². The minimum absolute atomic E-state index is 0.0739. The summed E-state index contributed by atoms with van der Waals surface area (Å²) >= 11 is 11.5. The van der Waals surface area contributed by atoms with Crippen LogP contribution in [0.15, 0.2) is 42.5 Å². The lowest BCUT2D eigenvalue weighted by Crippen LogP contribution is -2.38. The third-order valence-electron chi connectivity index (χ3n) is 4.27. The summed E-state index contributed by atoms with van der Waals surface area (Å²) in [5.74, 6) is 0.417. The smallest absolute Gasteiger partial charge is 0.257 e. The second-order valence-electron chi connectivity index (χ2n) is 6.86. The topological polar surface area (TPSA) is 62.8 Å². The number of nitrogens with one attached hydrogen (secondary N) is 2. The summed E-state index contributed by atoms with van der Waals surface area (Å²) in [5.41, 5.74) is 2.19. The van der Waals surface area contributed by atoms with Crippen LogP contribution in [-0.2, 0) is 4.74 Å². The molecule has 0 atom stereocenters. The molecular formula is C21H24ClN3O3S. The van der Waals surface area contributed by atoms with Gasteiger partial charge in [0.15, 0.2) is 5.11 Å². The normalized spacial score (nSPS) is 13.9. The zero-order chi connectivity index (χ0) is 20.8. The van der Waals surface area contributed by atoms with Crippen molar-refractivity contribution >= 4 is 46.2 Å². The molecule has 0 bridgehead atoms. The van der Waals surface area contributed by atoms with Gasteiger partial charge in [-0.3, -0.25) is 10.1 Å². The second-order valence-corrected chi connectivity index (χ2v) is 7.70. The second kappa shape index (κ2) is 9.91. The highest BCUT2D eigenvalue weighted by atomic mass is 35.5. The number of rotatable bonds is 5. The number of benzene rings is 2. The number of carbonyl (C=O) groups excluding carboxylic acids is 1. The molecule has 1 fully saturated rings. The van der Waals surface area contributed by atoms with Crippen LogP contribution in [0, 0.1) is 0 Å². The summed E-state index contributed by atoms with van der Waals surface area (Å²) in [5, 5.41) is 6.59. The number of anilines is 2. The first kappa shape index (κ1) is 21.4. The molecule has 0 saturated carbocycles. The van der Waals surface area contributed by atoms with Crippen LogP contribution in [0.25, 0.3) is 0 Å². The first-order chi connectivity index (χ1) is 13.9. The third kappa shape index (κ3) is 6.06. The quantitative estimate of drug-likeness (QED) is 0.692. The van der Waals surface area contributed by atoms with Crippen LogP contribution in [0.3, 0.4) is 0 Å². The van der Waals surface area contributed by atoms with Gasteiger partial charge in [0.25, 0.3) is 5.91 Å². The average Bonchev–Trinajstić information content (AvgIpc) is 2.68. The molecule has 0 unspecified atom stereocenters. The highest BCUT2D eigenvalue weighted by Crippen LogP contribution is 2.29. The number of halogens is 1. The van der Waals surface area contributed by atoms with Crippen molar-refractivity contribution in [1.29, 1.82) is 0 Å². The molecule has 154 valence electrons. The van der Waals surface area contributed by atoms with E-state index < -0.39 is 0 Å². The highest BCUT2D eigenvalue weighted by Gasteiger charge is 2.17. The number of morpholine rings is 1. The summed E-state index contributed by atoms with van der Waals surface area (Å²) < 4.78 is 11.0. The molecular weight excluding hydrogens is 410 g/mol. The van der Waals surface area contributed by atoms with Crippen LogP contribution in [0.4, 0.5) is 11.4 Å². The predicted octanol–water partition coefficient (Wildman–Crippen LogP) is 4.09. The van der Waals surface area contributed by atoms with E-state index in [0.29, 0.717) is 29.5 Å². The van der Waals surface area contributed by atoms with E-state index >= 15 is 0 Å². The lowest BCUT2D eigenvalue weighted by Gasteiger charge is -2.30. The summed E-state index contributed by atoms with van der Waals surface area (Å²) in [6, 6.07) is 12.5. The molecule has 0 aliphatic carbocycles. The van der Waals surface area contributed by atoms with Gasteiger partial charge in [0.05, 0.1) is 30.7 Å². The number of thiocarbonyl (C=S) groups is 1. The maximum Gasteiger partial charge on any atom is 0.257 e. The Morgan fingerprint density at radius 2 is 1.86 bits per heavy atom. The molecule has 3 rings (SSSR count). The van der Waals surface area contributed by atoms with Gasteiger partial charge in [-0.15, -0.1) is 0 Å². The van der Waals surface area contributed by atoms with Crippen molar-refractivity contribution in [3.8, 4) is 5.75 Å². The fourth-order valence-electron chi connectivity index (χ4n) is 2.97. The van der Waals surface area contributed by atoms with Gasteiger partial charge in [-0.25, -0.2) is 0 Å². The lowest BCUT2D eigenvalue weighted by atomic mass is 10.2. The summed E-state index contributed by atoms with van der Waals surface area (Å²) in [7, 11) is 0. The zero-order valence-corrected chi connectivity index (χ0v) is 18.0. The van der Waals surface area contributed by atoms with Gasteiger partial charge in [0, 0.05) is 23.7 Å². The third-order valence-corrected chi connectivity index (χ3v) is 4.71. The van der Waals surface area contributed by atoms with Crippen molar-refractivity contribution in [3.05, 3.63) is 53.1 Å². The van der Waals surface area contributed by atoms with Gasteiger partial charge in [0.1, 0.15) is 5.75 Å². The van der Waals surface area contributed by atoms with Crippen molar-refractivity contribution in [3.63, 3.8) is 0 Å². The number of carbonyl (C=O) groups is 1. The fourth-order valence-corrected chi connectivity index (χ4v) is 3.35. The van der Waals surface area contributed by atoms with Crippen LogP contribution in [0.1, 0.15) is 24.2 Å². The van der Waals surface area contributed by atoms with Crippen LogP contribution < -0.4 is 20.3 Å². The first-order valence-corrected chi connectivity index (χ1v) is 10.2. The Labute approximate surface area is 181 Å². The van der Waals surface area contributed by atoms with E-state index in [1.165, 1.54) is 0 Å². The minimum Gasteiger partial charge on any atom is -0.491 e. The fraction of sp³-hybridized carbons (Fsp3) is 0.333. The molecule has 1 aliphatic heterocycles. The van der Waals surface area contributed by atoms with Crippen molar-refractivity contribution in [2.75, 3.05) is 36.5 Å². The van der Waals surface area contributed by atoms with Crippen LogP contribution >= 0.6 is 23.8 Å². The van der Waals surface area contributed by atoms with E-state index in [0.717, 1.165) is 24.5 Å². The Hall–Kier alpha value is -2.35. The summed E-state index contributed by atoms with van der Waals surface area (Å²) in [6.07, 6.45) is 0.0739. The van der Waals surface area contributed by atoms with E-state index in [1.807, 2.05) is 26.0 Å². The SMILES string of the molecule is CC(C)Oc1ccc(C(=O)NC(=S)Nc2cc(Cl)ccc2N2CCOCC2)cc1. The Bertz CT molecular complexity index is 868. The van der Waals surface area contributed by atoms with Crippen LogP contribution in [0.2, 0.25) is 5.02 Å². The molecule has 1 saturated heterocycles. The molecule has 8 heteroatoms.